The van der Waals surface area contributed by atoms with E-state index in [0.29, 0.717) is 18.9 Å². The van der Waals surface area contributed by atoms with Crippen LogP contribution in [0.2, 0.25) is 0 Å². The third-order valence-electron chi connectivity index (χ3n) is 4.60. The van der Waals surface area contributed by atoms with Crippen molar-refractivity contribution in [3.8, 4) is 11.4 Å². The van der Waals surface area contributed by atoms with Crippen molar-refractivity contribution in [2.75, 3.05) is 18.0 Å². The molecule has 0 bridgehead atoms. The molecule has 2 aromatic rings. The highest BCUT2D eigenvalue weighted by molar-refractivity contribution is 5.61. The highest BCUT2D eigenvalue weighted by Crippen LogP contribution is 2.35. The number of aromatic nitrogens is 3. The Balaban J connectivity index is 1.63. The van der Waals surface area contributed by atoms with Crippen LogP contribution >= 0.6 is 0 Å². The average molecular weight is 316 g/mol. The quantitative estimate of drug-likeness (QED) is 0.869. The molecule has 0 aromatic carbocycles. The van der Waals surface area contributed by atoms with Crippen LogP contribution in [-0.2, 0) is 12.8 Å². The SMILES string of the molecule is FC(F)CC1CN(c2nc(-c3cccnc3)nc3c2CCC3)C1. The maximum absolute atomic E-state index is 12.5. The molecule has 0 spiro atoms. The molecule has 1 fully saturated rings. The molecule has 6 heteroatoms. The second kappa shape index (κ2) is 5.83. The van der Waals surface area contributed by atoms with E-state index >= 15 is 0 Å². The molecule has 1 saturated heterocycles. The molecule has 0 radical (unpaired) electrons. The largest absolute Gasteiger partial charge is 0.356 e. The third-order valence-corrected chi connectivity index (χ3v) is 4.60. The van der Waals surface area contributed by atoms with Crippen molar-refractivity contribution in [2.24, 2.45) is 5.92 Å². The van der Waals surface area contributed by atoms with Gasteiger partial charge in [0.05, 0.1) is 0 Å². The predicted molar refractivity (Wildman–Crippen MR) is 83.6 cm³/mol. The normalized spacial score (nSPS) is 17.4. The number of rotatable bonds is 4. The van der Waals surface area contributed by atoms with Crippen LogP contribution < -0.4 is 4.90 Å². The summed E-state index contributed by atoms with van der Waals surface area (Å²) in [6.07, 6.45) is 4.28. The average Bonchev–Trinajstić information content (AvgIpc) is 2.99. The number of fused-ring (bicyclic) bond motifs is 1. The second-order valence-corrected chi connectivity index (χ2v) is 6.29. The number of pyridine rings is 1. The van der Waals surface area contributed by atoms with Crippen LogP contribution in [0.15, 0.2) is 24.5 Å². The molecule has 1 aliphatic carbocycles. The lowest BCUT2D eigenvalue weighted by molar-refractivity contribution is 0.107. The Kier molecular flexibility index (Phi) is 3.67. The van der Waals surface area contributed by atoms with Gasteiger partial charge in [0.25, 0.3) is 0 Å². The van der Waals surface area contributed by atoms with Gasteiger partial charge in [0, 0.05) is 48.7 Å². The van der Waals surface area contributed by atoms with Crippen LogP contribution in [0.5, 0.6) is 0 Å². The minimum atomic E-state index is -2.22. The number of hydrogen-bond donors (Lipinski definition) is 0. The number of alkyl halides is 2. The molecule has 120 valence electrons. The van der Waals surface area contributed by atoms with Crippen LogP contribution in [0.25, 0.3) is 11.4 Å². The standard InChI is InChI=1S/C17H18F2N4/c18-15(19)7-11-9-23(10-11)17-13-4-1-5-14(13)21-16(22-17)12-3-2-6-20-8-12/h2-3,6,8,11,15H,1,4-5,7,9-10H2. The molecule has 3 heterocycles. The van der Waals surface area contributed by atoms with Crippen LogP contribution in [0.1, 0.15) is 24.1 Å². The lowest BCUT2D eigenvalue weighted by Gasteiger charge is -2.41. The van der Waals surface area contributed by atoms with Crippen LogP contribution in [-0.4, -0.2) is 34.5 Å². The Bertz CT molecular complexity index is 699. The van der Waals surface area contributed by atoms with Gasteiger partial charge in [-0.2, -0.15) is 0 Å². The van der Waals surface area contributed by atoms with E-state index in [2.05, 4.69) is 9.88 Å². The molecule has 0 saturated carbocycles. The van der Waals surface area contributed by atoms with E-state index in [1.165, 1.54) is 5.56 Å². The molecule has 2 aliphatic rings. The van der Waals surface area contributed by atoms with Gasteiger partial charge in [-0.1, -0.05) is 0 Å². The number of anilines is 1. The number of nitrogens with zero attached hydrogens (tertiary/aromatic N) is 4. The second-order valence-electron chi connectivity index (χ2n) is 6.29. The fourth-order valence-corrected chi connectivity index (χ4v) is 3.44. The fraction of sp³-hybridized carbons (Fsp3) is 0.471. The van der Waals surface area contributed by atoms with Crippen molar-refractivity contribution >= 4 is 5.82 Å². The highest BCUT2D eigenvalue weighted by atomic mass is 19.3. The van der Waals surface area contributed by atoms with Crippen molar-refractivity contribution in [1.29, 1.82) is 0 Å². The lowest BCUT2D eigenvalue weighted by atomic mass is 9.96. The zero-order valence-corrected chi connectivity index (χ0v) is 12.8. The molecule has 0 N–H and O–H groups in total. The number of halogens is 2. The van der Waals surface area contributed by atoms with Gasteiger partial charge in [0.2, 0.25) is 6.43 Å². The van der Waals surface area contributed by atoms with Gasteiger partial charge in [-0.05, 0) is 37.3 Å². The smallest absolute Gasteiger partial charge is 0.239 e. The zero-order valence-electron chi connectivity index (χ0n) is 12.8. The van der Waals surface area contributed by atoms with E-state index in [-0.39, 0.29) is 12.3 Å². The zero-order chi connectivity index (χ0) is 15.8. The maximum Gasteiger partial charge on any atom is 0.239 e. The number of aryl methyl sites for hydroxylation is 1. The van der Waals surface area contributed by atoms with Crippen LogP contribution in [0.3, 0.4) is 0 Å². The highest BCUT2D eigenvalue weighted by Gasteiger charge is 2.33. The van der Waals surface area contributed by atoms with Crippen molar-refractivity contribution in [3.05, 3.63) is 35.8 Å². The molecule has 0 amide bonds. The summed E-state index contributed by atoms with van der Waals surface area (Å²) in [4.78, 5) is 15.7. The first-order chi connectivity index (χ1) is 11.2. The monoisotopic (exact) mass is 316 g/mol. The fourth-order valence-electron chi connectivity index (χ4n) is 3.44. The van der Waals surface area contributed by atoms with Gasteiger partial charge < -0.3 is 4.90 Å². The molecular formula is C17H18F2N4. The first-order valence-electron chi connectivity index (χ1n) is 8.04. The van der Waals surface area contributed by atoms with Crippen molar-refractivity contribution < 1.29 is 8.78 Å². The van der Waals surface area contributed by atoms with Crippen molar-refractivity contribution in [1.82, 2.24) is 15.0 Å². The molecular weight excluding hydrogens is 298 g/mol. The van der Waals surface area contributed by atoms with E-state index < -0.39 is 6.43 Å². The Labute approximate surface area is 133 Å². The van der Waals surface area contributed by atoms with Gasteiger partial charge in [-0.25, -0.2) is 18.7 Å². The lowest BCUT2D eigenvalue weighted by Crippen LogP contribution is -2.48. The first kappa shape index (κ1) is 14.5. The van der Waals surface area contributed by atoms with E-state index in [9.17, 15) is 8.78 Å². The summed E-state index contributed by atoms with van der Waals surface area (Å²) in [6, 6.07) is 3.82. The molecule has 23 heavy (non-hydrogen) atoms. The Hall–Kier alpha value is -2.11. The van der Waals surface area contributed by atoms with Crippen LogP contribution in [0.4, 0.5) is 14.6 Å². The van der Waals surface area contributed by atoms with E-state index in [4.69, 9.17) is 9.97 Å². The van der Waals surface area contributed by atoms with Gasteiger partial charge in [0.15, 0.2) is 5.82 Å². The maximum atomic E-state index is 12.5. The summed E-state index contributed by atoms with van der Waals surface area (Å²) in [5.41, 5.74) is 3.20. The molecule has 4 rings (SSSR count). The van der Waals surface area contributed by atoms with Crippen molar-refractivity contribution in [3.63, 3.8) is 0 Å². The molecule has 4 nitrogen and oxygen atoms in total. The van der Waals surface area contributed by atoms with E-state index in [1.54, 1.807) is 12.4 Å². The minimum Gasteiger partial charge on any atom is -0.356 e. The van der Waals surface area contributed by atoms with Crippen molar-refractivity contribution in [2.45, 2.75) is 32.1 Å². The van der Waals surface area contributed by atoms with Gasteiger partial charge in [-0.15, -0.1) is 0 Å². The predicted octanol–water partition coefficient (Wildman–Crippen LogP) is 3.12. The Morgan fingerprint density at radius 2 is 2.09 bits per heavy atom. The van der Waals surface area contributed by atoms with Gasteiger partial charge >= 0.3 is 0 Å². The first-order valence-corrected chi connectivity index (χ1v) is 8.04. The Morgan fingerprint density at radius 1 is 1.22 bits per heavy atom. The summed E-state index contributed by atoms with van der Waals surface area (Å²) < 4.78 is 25.0. The van der Waals surface area contributed by atoms with E-state index in [1.807, 2.05) is 12.1 Å². The molecule has 0 atom stereocenters. The minimum absolute atomic E-state index is 0.0146. The van der Waals surface area contributed by atoms with Gasteiger partial charge in [0.1, 0.15) is 5.82 Å². The number of hydrogen-bond acceptors (Lipinski definition) is 4. The van der Waals surface area contributed by atoms with Gasteiger partial charge in [-0.3, -0.25) is 4.98 Å². The topological polar surface area (TPSA) is 41.9 Å². The Morgan fingerprint density at radius 3 is 2.83 bits per heavy atom. The molecule has 2 aromatic heterocycles. The van der Waals surface area contributed by atoms with Crippen LogP contribution in [0, 0.1) is 5.92 Å². The van der Waals surface area contributed by atoms with E-state index in [0.717, 1.165) is 36.3 Å². The summed E-state index contributed by atoms with van der Waals surface area (Å²) in [6.45, 7) is 1.33. The summed E-state index contributed by atoms with van der Waals surface area (Å²) in [5, 5.41) is 0. The molecule has 1 aliphatic heterocycles. The summed E-state index contributed by atoms with van der Waals surface area (Å²) in [7, 11) is 0. The molecule has 0 unspecified atom stereocenters. The summed E-state index contributed by atoms with van der Waals surface area (Å²) >= 11 is 0. The third kappa shape index (κ3) is 2.78. The summed E-state index contributed by atoms with van der Waals surface area (Å²) in [5.74, 6) is 1.70.